The van der Waals surface area contributed by atoms with Crippen molar-refractivity contribution >= 4 is 39.3 Å². The summed E-state index contributed by atoms with van der Waals surface area (Å²) in [4.78, 5) is 32.5. The van der Waals surface area contributed by atoms with E-state index in [1.54, 1.807) is 12.1 Å². The maximum atomic E-state index is 16.0. The van der Waals surface area contributed by atoms with Crippen LogP contribution in [0.5, 0.6) is 0 Å². The number of aromatic nitrogens is 2. The van der Waals surface area contributed by atoms with Crippen LogP contribution < -0.4 is 15.2 Å². The van der Waals surface area contributed by atoms with Crippen LogP contribution in [0.4, 0.5) is 33.3 Å². The van der Waals surface area contributed by atoms with Gasteiger partial charge >= 0.3 is 5.97 Å². The maximum absolute atomic E-state index is 16.0. The van der Waals surface area contributed by atoms with Crippen molar-refractivity contribution in [3.8, 4) is 5.69 Å². The molecule has 41 heavy (non-hydrogen) atoms. The Hall–Kier alpha value is -5.00. The highest BCUT2D eigenvalue weighted by Crippen LogP contribution is 2.33. The quantitative estimate of drug-likeness (QED) is 0.236. The molecule has 7 nitrogen and oxygen atoms in total. The molecule has 1 fully saturated rings. The second kappa shape index (κ2) is 9.88. The molecule has 3 aromatic carbocycles. The van der Waals surface area contributed by atoms with Gasteiger partial charge in [0.05, 0.1) is 11.1 Å². The zero-order chi connectivity index (χ0) is 29.0. The molecular weight excluding hydrogens is 547 g/mol. The summed E-state index contributed by atoms with van der Waals surface area (Å²) < 4.78 is 73.9. The normalized spacial score (nSPS) is 13.8. The highest BCUT2D eigenvalue weighted by atomic mass is 19.1. The number of piperazine rings is 1. The minimum atomic E-state index is -1.61. The van der Waals surface area contributed by atoms with Gasteiger partial charge in [0.15, 0.2) is 5.82 Å². The lowest BCUT2D eigenvalue weighted by atomic mass is 10.1. The van der Waals surface area contributed by atoms with Crippen LogP contribution in [-0.4, -0.2) is 46.8 Å². The number of carboxylic acids is 1. The number of hydrogen-bond acceptors (Lipinski definition) is 5. The lowest BCUT2D eigenvalue weighted by molar-refractivity contribution is 0.0695. The number of carboxylic acid groups (broad SMARTS) is 1. The Morgan fingerprint density at radius 1 is 0.805 bits per heavy atom. The smallest absolute Gasteiger partial charge is 0.341 e. The largest absolute Gasteiger partial charge is 0.477 e. The van der Waals surface area contributed by atoms with Gasteiger partial charge in [-0.2, -0.15) is 0 Å². The number of nitrogens with zero attached hydrogens (tertiary/aromatic N) is 4. The van der Waals surface area contributed by atoms with Crippen LogP contribution in [0.2, 0.25) is 0 Å². The van der Waals surface area contributed by atoms with Crippen LogP contribution in [-0.2, 0) is 0 Å². The summed E-state index contributed by atoms with van der Waals surface area (Å²) in [5, 5.41) is 9.14. The average Bonchev–Trinajstić information content (AvgIpc) is 2.94. The number of carbonyl (C=O) groups is 1. The van der Waals surface area contributed by atoms with E-state index in [4.69, 9.17) is 0 Å². The first-order valence-electron chi connectivity index (χ1n) is 12.4. The summed E-state index contributed by atoms with van der Waals surface area (Å²) in [6.07, 6.45) is 0.833. The SMILES string of the molecule is O=C(O)c1cn(-c2ccc(F)cc2F)c2nc3c(F)c(N4CCN(c5ccc(F)cc5)CC4)c(F)cc3cc2c1=O. The third-order valence-corrected chi connectivity index (χ3v) is 7.12. The molecule has 3 heterocycles. The summed E-state index contributed by atoms with van der Waals surface area (Å²) in [5.41, 5.74) is -2.24. The van der Waals surface area contributed by atoms with Gasteiger partial charge in [-0.1, -0.05) is 0 Å². The molecule has 0 spiro atoms. The van der Waals surface area contributed by atoms with Gasteiger partial charge in [0.2, 0.25) is 5.43 Å². The van der Waals surface area contributed by atoms with E-state index >= 15 is 8.78 Å². The molecular formula is C29H19F5N4O3. The van der Waals surface area contributed by atoms with Gasteiger partial charge in [-0.25, -0.2) is 31.7 Å². The Balaban J connectivity index is 1.48. The average molecular weight is 566 g/mol. The van der Waals surface area contributed by atoms with Crippen LogP contribution in [0, 0.1) is 29.1 Å². The van der Waals surface area contributed by atoms with Gasteiger partial charge in [-0.15, -0.1) is 0 Å². The Bertz CT molecular complexity index is 1920. The molecule has 0 unspecified atom stereocenters. The molecule has 6 rings (SSSR count). The number of benzene rings is 3. The third-order valence-electron chi connectivity index (χ3n) is 7.12. The minimum absolute atomic E-state index is 0.105. The third kappa shape index (κ3) is 4.50. The summed E-state index contributed by atoms with van der Waals surface area (Å²) in [6.45, 7) is 1.26. The van der Waals surface area contributed by atoms with Crippen molar-refractivity contribution in [3.05, 3.63) is 106 Å². The van der Waals surface area contributed by atoms with Crippen molar-refractivity contribution in [1.29, 1.82) is 0 Å². The molecule has 2 aromatic heterocycles. The van der Waals surface area contributed by atoms with Crippen LogP contribution in [0.3, 0.4) is 0 Å². The van der Waals surface area contributed by atoms with E-state index in [0.717, 1.165) is 40.7 Å². The summed E-state index contributed by atoms with van der Waals surface area (Å²) in [7, 11) is 0. The van der Waals surface area contributed by atoms with E-state index in [-0.39, 0.29) is 52.2 Å². The maximum Gasteiger partial charge on any atom is 0.341 e. The predicted octanol–water partition coefficient (Wildman–Crippen LogP) is 5.26. The van der Waals surface area contributed by atoms with E-state index in [0.29, 0.717) is 19.2 Å². The van der Waals surface area contributed by atoms with E-state index in [1.165, 1.54) is 17.0 Å². The monoisotopic (exact) mass is 566 g/mol. The molecule has 0 aliphatic carbocycles. The highest BCUT2D eigenvalue weighted by molar-refractivity contribution is 5.97. The molecule has 12 heteroatoms. The molecule has 0 radical (unpaired) electrons. The van der Waals surface area contributed by atoms with Gasteiger partial charge in [0.1, 0.15) is 45.7 Å². The van der Waals surface area contributed by atoms with Crippen LogP contribution in [0.25, 0.3) is 27.6 Å². The van der Waals surface area contributed by atoms with E-state index in [9.17, 15) is 27.9 Å². The number of rotatable bonds is 4. The van der Waals surface area contributed by atoms with Crippen molar-refractivity contribution in [2.75, 3.05) is 36.0 Å². The standard InChI is InChI=1S/C29H19F5N4O3/c30-16-1-4-18(5-2-16)36-7-9-37(10-8-36)26-22(33)12-15-11-19-27(39)20(29(40)41)14-38(28(19)35-25(15)24(26)34)23-6-3-17(31)13-21(23)32/h1-6,11-14H,7-10H2,(H,40,41). The Morgan fingerprint density at radius 3 is 2.12 bits per heavy atom. The second-order valence-electron chi connectivity index (χ2n) is 9.55. The zero-order valence-corrected chi connectivity index (χ0v) is 21.0. The molecule has 1 aliphatic heterocycles. The number of hydrogen-bond donors (Lipinski definition) is 1. The number of aromatic carboxylic acids is 1. The van der Waals surface area contributed by atoms with Crippen molar-refractivity contribution < 1.29 is 31.9 Å². The first kappa shape index (κ1) is 26.2. The molecule has 0 amide bonds. The topological polar surface area (TPSA) is 78.7 Å². The van der Waals surface area contributed by atoms with Gasteiger partial charge in [-0.05, 0) is 48.5 Å². The second-order valence-corrected chi connectivity index (χ2v) is 9.55. The van der Waals surface area contributed by atoms with Gasteiger partial charge in [0, 0.05) is 49.5 Å². The summed E-state index contributed by atoms with van der Waals surface area (Å²) >= 11 is 0. The Kier molecular flexibility index (Phi) is 6.32. The summed E-state index contributed by atoms with van der Waals surface area (Å²) in [6, 6.07) is 10.5. The molecule has 0 bridgehead atoms. The lowest BCUT2D eigenvalue weighted by Crippen LogP contribution is -2.47. The van der Waals surface area contributed by atoms with Crippen LogP contribution in [0.1, 0.15) is 10.4 Å². The number of halogens is 5. The zero-order valence-electron chi connectivity index (χ0n) is 21.0. The molecule has 0 saturated carbocycles. The minimum Gasteiger partial charge on any atom is -0.477 e. The number of pyridine rings is 2. The Morgan fingerprint density at radius 2 is 1.46 bits per heavy atom. The van der Waals surface area contributed by atoms with Crippen molar-refractivity contribution in [3.63, 3.8) is 0 Å². The fourth-order valence-electron chi connectivity index (χ4n) is 5.11. The van der Waals surface area contributed by atoms with Gasteiger partial charge < -0.3 is 14.9 Å². The van der Waals surface area contributed by atoms with Crippen LogP contribution >= 0.6 is 0 Å². The molecule has 0 atom stereocenters. The molecule has 208 valence electrons. The van der Waals surface area contributed by atoms with E-state index < -0.39 is 40.2 Å². The molecule has 5 aromatic rings. The molecule has 1 aliphatic rings. The number of anilines is 2. The van der Waals surface area contributed by atoms with Crippen LogP contribution in [0.15, 0.2) is 65.6 Å². The number of fused-ring (bicyclic) bond motifs is 2. The predicted molar refractivity (Wildman–Crippen MR) is 142 cm³/mol. The first-order valence-corrected chi connectivity index (χ1v) is 12.4. The van der Waals surface area contributed by atoms with Crippen molar-refractivity contribution in [1.82, 2.24) is 9.55 Å². The molecule has 1 N–H and O–H groups in total. The highest BCUT2D eigenvalue weighted by Gasteiger charge is 2.26. The fraction of sp³-hybridized carbons (Fsp3) is 0.138. The van der Waals surface area contributed by atoms with Gasteiger partial charge in [0.25, 0.3) is 0 Å². The Labute approximate surface area is 228 Å². The first-order chi connectivity index (χ1) is 19.6. The van der Waals surface area contributed by atoms with Gasteiger partial charge in [-0.3, -0.25) is 9.36 Å². The van der Waals surface area contributed by atoms with Crippen molar-refractivity contribution in [2.45, 2.75) is 0 Å². The summed E-state index contributed by atoms with van der Waals surface area (Å²) in [5.74, 6) is -5.88. The van der Waals surface area contributed by atoms with Crippen molar-refractivity contribution in [2.24, 2.45) is 0 Å². The molecule has 1 saturated heterocycles. The lowest BCUT2D eigenvalue weighted by Gasteiger charge is -2.37. The fourth-order valence-corrected chi connectivity index (χ4v) is 5.11. The van der Waals surface area contributed by atoms with E-state index in [1.807, 2.05) is 4.90 Å². The van der Waals surface area contributed by atoms with E-state index in [2.05, 4.69) is 4.98 Å².